The van der Waals surface area contributed by atoms with Crippen LogP contribution >= 0.6 is 0 Å². The topological polar surface area (TPSA) is 48.5 Å². The summed E-state index contributed by atoms with van der Waals surface area (Å²) in [5.41, 5.74) is 3.97. The molecule has 1 amide bonds. The second-order valence-electron chi connectivity index (χ2n) is 8.63. The maximum atomic E-state index is 12.3. The smallest absolute Gasteiger partial charge is 0.233 e. The van der Waals surface area contributed by atoms with Gasteiger partial charge in [-0.05, 0) is 70.7 Å². The molecule has 0 saturated carbocycles. The van der Waals surface area contributed by atoms with Crippen LogP contribution < -0.4 is 10.2 Å². The van der Waals surface area contributed by atoms with Gasteiger partial charge in [-0.15, -0.1) is 0 Å². The predicted octanol–water partition coefficient (Wildman–Crippen LogP) is 4.38. The number of amides is 1. The van der Waals surface area contributed by atoms with Crippen LogP contribution in [0.3, 0.4) is 0 Å². The van der Waals surface area contributed by atoms with E-state index in [9.17, 15) is 4.79 Å². The molecule has 2 saturated heterocycles. The zero-order chi connectivity index (χ0) is 20.8. The molecule has 5 nitrogen and oxygen atoms in total. The molecule has 2 aliphatic heterocycles. The van der Waals surface area contributed by atoms with Crippen LogP contribution in [0.2, 0.25) is 0 Å². The van der Waals surface area contributed by atoms with Gasteiger partial charge in [-0.2, -0.15) is 0 Å². The average Bonchev–Trinajstić information content (AvgIpc) is 2.71. The Bertz CT molecular complexity index is 709. The van der Waals surface area contributed by atoms with Crippen LogP contribution in [0.1, 0.15) is 76.1 Å². The fourth-order valence-electron chi connectivity index (χ4n) is 4.75. The van der Waals surface area contributed by atoms with E-state index in [1.807, 2.05) is 0 Å². The van der Waals surface area contributed by atoms with Gasteiger partial charge in [0, 0.05) is 24.8 Å². The molecule has 0 bridgehead atoms. The van der Waals surface area contributed by atoms with Crippen LogP contribution in [-0.4, -0.2) is 48.0 Å². The molecule has 1 unspecified atom stereocenters. The van der Waals surface area contributed by atoms with Gasteiger partial charge in [-0.3, -0.25) is 9.78 Å². The summed E-state index contributed by atoms with van der Waals surface area (Å²) >= 11 is 0. The number of aryl methyl sites for hydroxylation is 1. The molecule has 2 aliphatic rings. The lowest BCUT2D eigenvalue weighted by molar-refractivity contribution is -0.122. The Balaban J connectivity index is 1.62. The molecule has 1 aromatic rings. The Morgan fingerprint density at radius 3 is 2.55 bits per heavy atom. The summed E-state index contributed by atoms with van der Waals surface area (Å²) in [5, 5.41) is 2.88. The Labute approximate surface area is 176 Å². The first-order valence-corrected chi connectivity index (χ1v) is 11.5. The molecule has 1 atom stereocenters. The molecule has 160 valence electrons. The van der Waals surface area contributed by atoms with E-state index in [0.717, 1.165) is 43.0 Å². The van der Waals surface area contributed by atoms with E-state index in [0.29, 0.717) is 6.04 Å². The summed E-state index contributed by atoms with van der Waals surface area (Å²) in [4.78, 5) is 22.3. The number of carbonyl (C=O) groups excluding carboxylic acids is 1. The third kappa shape index (κ3) is 5.39. The molecular weight excluding hydrogens is 360 g/mol. The summed E-state index contributed by atoms with van der Waals surface area (Å²) in [6, 6.07) is 4.94. The molecule has 1 N–H and O–H groups in total. The van der Waals surface area contributed by atoms with Crippen LogP contribution in [0.5, 0.6) is 0 Å². The molecular formula is C24H38N4O. The first-order chi connectivity index (χ1) is 14.0. The molecule has 0 aliphatic carbocycles. The lowest BCUT2D eigenvalue weighted by Crippen LogP contribution is -2.45. The number of hydrogen-bond acceptors (Lipinski definition) is 4. The minimum atomic E-state index is -0.153. The fraction of sp³-hybridized carbons (Fsp3) is 0.667. The van der Waals surface area contributed by atoms with Gasteiger partial charge in [-0.1, -0.05) is 26.8 Å². The SMILES string of the molecule is C=C1CCC(c2ccc(N3CCC(N(CCC)CCCC)CC3)c(C)n2)C(=O)N1. The standard InChI is InChI=1S/C24H38N4O/c1-5-7-15-27(14-6-2)20-12-16-28(17-13-20)23-11-10-22(26-19(23)4)21-9-8-18(3)25-24(21)29/h10-11,20-21H,3,5-9,12-17H2,1-2,4H3,(H,25,29). The zero-order valence-corrected chi connectivity index (χ0v) is 18.5. The first-order valence-electron chi connectivity index (χ1n) is 11.5. The maximum absolute atomic E-state index is 12.3. The number of rotatable bonds is 8. The monoisotopic (exact) mass is 398 g/mol. The van der Waals surface area contributed by atoms with E-state index in [1.54, 1.807) is 0 Å². The molecule has 3 rings (SSSR count). The second-order valence-corrected chi connectivity index (χ2v) is 8.63. The third-order valence-corrected chi connectivity index (χ3v) is 6.42. The van der Waals surface area contributed by atoms with E-state index in [2.05, 4.69) is 54.6 Å². The van der Waals surface area contributed by atoms with Gasteiger partial charge in [0.05, 0.1) is 23.0 Å². The fourth-order valence-corrected chi connectivity index (χ4v) is 4.75. The van der Waals surface area contributed by atoms with Gasteiger partial charge >= 0.3 is 0 Å². The number of aromatic nitrogens is 1. The third-order valence-electron chi connectivity index (χ3n) is 6.42. The zero-order valence-electron chi connectivity index (χ0n) is 18.5. The quantitative estimate of drug-likeness (QED) is 0.706. The Morgan fingerprint density at radius 2 is 1.93 bits per heavy atom. The summed E-state index contributed by atoms with van der Waals surface area (Å²) in [6.07, 6.45) is 7.87. The summed E-state index contributed by atoms with van der Waals surface area (Å²) in [7, 11) is 0. The van der Waals surface area contributed by atoms with E-state index < -0.39 is 0 Å². The highest BCUT2D eigenvalue weighted by atomic mass is 16.2. The van der Waals surface area contributed by atoms with Crippen LogP contribution in [0, 0.1) is 6.92 Å². The van der Waals surface area contributed by atoms with Crippen molar-refractivity contribution in [3.8, 4) is 0 Å². The summed E-state index contributed by atoms with van der Waals surface area (Å²) in [5.74, 6) is -0.120. The number of piperidine rings is 2. The molecule has 29 heavy (non-hydrogen) atoms. The average molecular weight is 399 g/mol. The van der Waals surface area contributed by atoms with Crippen molar-refractivity contribution in [3.05, 3.63) is 35.8 Å². The van der Waals surface area contributed by atoms with Crippen molar-refractivity contribution in [2.45, 2.75) is 77.7 Å². The highest BCUT2D eigenvalue weighted by molar-refractivity contribution is 5.85. The Kier molecular flexibility index (Phi) is 7.70. The predicted molar refractivity (Wildman–Crippen MR) is 120 cm³/mol. The Morgan fingerprint density at radius 1 is 1.17 bits per heavy atom. The first kappa shape index (κ1) is 21.8. The number of anilines is 1. The van der Waals surface area contributed by atoms with Gasteiger partial charge in [-0.25, -0.2) is 0 Å². The number of carbonyl (C=O) groups is 1. The van der Waals surface area contributed by atoms with E-state index in [4.69, 9.17) is 4.98 Å². The number of nitrogens with zero attached hydrogens (tertiary/aromatic N) is 3. The van der Waals surface area contributed by atoms with Crippen molar-refractivity contribution in [1.29, 1.82) is 0 Å². The van der Waals surface area contributed by atoms with E-state index in [1.165, 1.54) is 50.9 Å². The van der Waals surface area contributed by atoms with Crippen molar-refractivity contribution in [3.63, 3.8) is 0 Å². The largest absolute Gasteiger partial charge is 0.370 e. The minimum Gasteiger partial charge on any atom is -0.370 e. The maximum Gasteiger partial charge on any atom is 0.233 e. The highest BCUT2D eigenvalue weighted by Crippen LogP contribution is 2.30. The number of hydrogen-bond donors (Lipinski definition) is 1. The molecule has 5 heteroatoms. The van der Waals surface area contributed by atoms with Crippen LogP contribution in [-0.2, 0) is 4.79 Å². The highest BCUT2D eigenvalue weighted by Gasteiger charge is 2.28. The van der Waals surface area contributed by atoms with E-state index in [-0.39, 0.29) is 11.8 Å². The molecule has 0 radical (unpaired) electrons. The van der Waals surface area contributed by atoms with Crippen molar-refractivity contribution in [2.24, 2.45) is 0 Å². The lowest BCUT2D eigenvalue weighted by atomic mass is 9.93. The normalized spacial score (nSPS) is 21.0. The number of unbranched alkanes of at least 4 members (excludes halogenated alkanes) is 1. The summed E-state index contributed by atoms with van der Waals surface area (Å²) < 4.78 is 0. The van der Waals surface area contributed by atoms with Crippen LogP contribution in [0.15, 0.2) is 24.4 Å². The van der Waals surface area contributed by atoms with Crippen LogP contribution in [0.4, 0.5) is 5.69 Å². The van der Waals surface area contributed by atoms with E-state index >= 15 is 0 Å². The number of nitrogens with one attached hydrogen (secondary N) is 1. The number of allylic oxidation sites excluding steroid dienone is 1. The molecule has 3 heterocycles. The van der Waals surface area contributed by atoms with Crippen molar-refractivity contribution >= 4 is 11.6 Å². The molecule has 2 fully saturated rings. The Hall–Kier alpha value is -1.88. The molecule has 0 spiro atoms. The minimum absolute atomic E-state index is 0.0322. The van der Waals surface area contributed by atoms with Gasteiger partial charge in [0.25, 0.3) is 0 Å². The lowest BCUT2D eigenvalue weighted by Gasteiger charge is -2.40. The molecule has 0 aromatic carbocycles. The van der Waals surface area contributed by atoms with Crippen LogP contribution in [0.25, 0.3) is 0 Å². The molecule has 1 aromatic heterocycles. The van der Waals surface area contributed by atoms with Crippen molar-refractivity contribution < 1.29 is 4.79 Å². The van der Waals surface area contributed by atoms with Gasteiger partial charge in [0.1, 0.15) is 0 Å². The summed E-state index contributed by atoms with van der Waals surface area (Å²) in [6.45, 7) is 15.1. The van der Waals surface area contributed by atoms with Gasteiger partial charge in [0.15, 0.2) is 0 Å². The van der Waals surface area contributed by atoms with Gasteiger partial charge in [0.2, 0.25) is 5.91 Å². The van der Waals surface area contributed by atoms with Crippen molar-refractivity contribution in [2.75, 3.05) is 31.1 Å². The van der Waals surface area contributed by atoms with Gasteiger partial charge < -0.3 is 15.1 Å². The number of pyridine rings is 1. The van der Waals surface area contributed by atoms with Crippen molar-refractivity contribution in [1.82, 2.24) is 15.2 Å². The second kappa shape index (κ2) is 10.2.